The predicted molar refractivity (Wildman–Crippen MR) is 104 cm³/mol. The van der Waals surface area contributed by atoms with Gasteiger partial charge in [-0.3, -0.25) is 9.48 Å². The molecule has 1 aromatic carbocycles. The summed E-state index contributed by atoms with van der Waals surface area (Å²) in [6, 6.07) is 6.79. The Morgan fingerprint density at radius 2 is 2.00 bits per heavy atom. The molecule has 0 unspecified atom stereocenters. The zero-order chi connectivity index (χ0) is 19.8. The lowest BCUT2D eigenvalue weighted by atomic mass is 10.3. The van der Waals surface area contributed by atoms with Gasteiger partial charge in [-0.2, -0.15) is 9.82 Å². The molecule has 0 radical (unpaired) electrons. The van der Waals surface area contributed by atoms with E-state index in [1.807, 2.05) is 24.3 Å². The van der Waals surface area contributed by atoms with E-state index in [0.717, 1.165) is 15.2 Å². The minimum atomic E-state index is -3.86. The first kappa shape index (κ1) is 19.5. The van der Waals surface area contributed by atoms with Crippen molar-refractivity contribution in [2.75, 3.05) is 0 Å². The lowest BCUT2D eigenvalue weighted by Gasteiger charge is -2.14. The van der Waals surface area contributed by atoms with Gasteiger partial charge in [0.25, 0.3) is 0 Å². The number of rotatable bonds is 6. The van der Waals surface area contributed by atoms with E-state index in [4.69, 9.17) is 0 Å². The highest BCUT2D eigenvalue weighted by Gasteiger charge is 2.27. The van der Waals surface area contributed by atoms with E-state index in [-0.39, 0.29) is 11.4 Å². The number of nitrogens with one attached hydrogen (secondary N) is 2. The Balaban J connectivity index is 1.66. The van der Waals surface area contributed by atoms with Crippen LogP contribution in [0.5, 0.6) is 0 Å². The van der Waals surface area contributed by atoms with Crippen LogP contribution in [0.25, 0.3) is 10.2 Å². The summed E-state index contributed by atoms with van der Waals surface area (Å²) in [5.74, 6) is -0.419. The molecule has 0 spiro atoms. The molecule has 0 fully saturated rings. The quantitative estimate of drug-likeness (QED) is 0.646. The van der Waals surface area contributed by atoms with Crippen LogP contribution in [0.15, 0.2) is 29.2 Å². The first-order chi connectivity index (χ1) is 12.7. The highest BCUT2D eigenvalue weighted by molar-refractivity contribution is 7.89. The molecule has 0 aliphatic rings. The van der Waals surface area contributed by atoms with Crippen molar-refractivity contribution in [1.29, 1.82) is 0 Å². The van der Waals surface area contributed by atoms with E-state index in [9.17, 15) is 13.2 Å². The molecule has 144 valence electrons. The first-order valence-corrected chi connectivity index (χ1v) is 10.6. The maximum absolute atomic E-state index is 12.6. The molecule has 27 heavy (non-hydrogen) atoms. The molecule has 1 amide bonds. The number of hydrogen-bond donors (Lipinski definition) is 2. The number of sulfonamides is 1. The van der Waals surface area contributed by atoms with Crippen LogP contribution < -0.4 is 10.0 Å². The van der Waals surface area contributed by atoms with Crippen LogP contribution in [0.3, 0.4) is 0 Å². The van der Waals surface area contributed by atoms with Gasteiger partial charge in [0.1, 0.15) is 9.90 Å². The van der Waals surface area contributed by atoms with E-state index in [0.29, 0.717) is 11.4 Å². The maximum atomic E-state index is 12.6. The summed E-state index contributed by atoms with van der Waals surface area (Å²) in [6.07, 6.45) is 0. The second kappa shape index (κ2) is 7.37. The SMILES string of the molecule is Cc1nn(C)c(C)c1S(=O)(=O)N[C@@H](C)C(=O)NCc1nc2ccccc2s1. The number of para-hydroxylation sites is 1. The van der Waals surface area contributed by atoms with Crippen molar-refractivity contribution in [2.45, 2.75) is 38.3 Å². The number of aromatic nitrogens is 3. The van der Waals surface area contributed by atoms with Gasteiger partial charge in [-0.05, 0) is 32.9 Å². The fourth-order valence-corrected chi connectivity index (χ4v) is 5.35. The van der Waals surface area contributed by atoms with E-state index >= 15 is 0 Å². The molecule has 0 aliphatic heterocycles. The van der Waals surface area contributed by atoms with Crippen LogP contribution in [0, 0.1) is 13.8 Å². The number of carbonyl (C=O) groups excluding carboxylic acids is 1. The highest BCUT2D eigenvalue weighted by atomic mass is 32.2. The molecule has 3 rings (SSSR count). The Morgan fingerprint density at radius 3 is 2.63 bits per heavy atom. The minimum absolute atomic E-state index is 0.107. The highest BCUT2D eigenvalue weighted by Crippen LogP contribution is 2.21. The molecule has 2 N–H and O–H groups in total. The number of hydrogen-bond acceptors (Lipinski definition) is 6. The van der Waals surface area contributed by atoms with Crippen molar-refractivity contribution in [1.82, 2.24) is 24.8 Å². The molecule has 2 aromatic heterocycles. The molecule has 3 aromatic rings. The third-order valence-corrected chi connectivity index (χ3v) is 7.02. The van der Waals surface area contributed by atoms with Crippen LogP contribution in [-0.4, -0.2) is 35.1 Å². The molecule has 10 heteroatoms. The molecule has 0 saturated carbocycles. The van der Waals surface area contributed by atoms with Crippen LogP contribution in [0.2, 0.25) is 0 Å². The lowest BCUT2D eigenvalue weighted by molar-refractivity contribution is -0.122. The summed E-state index contributed by atoms with van der Waals surface area (Å²) in [4.78, 5) is 16.9. The van der Waals surface area contributed by atoms with Crippen molar-refractivity contribution in [3.05, 3.63) is 40.7 Å². The topological polar surface area (TPSA) is 106 Å². The van der Waals surface area contributed by atoms with Crippen molar-refractivity contribution in [3.8, 4) is 0 Å². The zero-order valence-electron chi connectivity index (χ0n) is 15.5. The Morgan fingerprint density at radius 1 is 1.30 bits per heavy atom. The van der Waals surface area contributed by atoms with Crippen molar-refractivity contribution < 1.29 is 13.2 Å². The second-order valence-electron chi connectivity index (χ2n) is 6.26. The normalized spacial score (nSPS) is 13.0. The average Bonchev–Trinajstić information content (AvgIpc) is 3.12. The van der Waals surface area contributed by atoms with Gasteiger partial charge in [0.05, 0.1) is 34.2 Å². The summed E-state index contributed by atoms with van der Waals surface area (Å²) >= 11 is 1.49. The first-order valence-electron chi connectivity index (χ1n) is 8.33. The van der Waals surface area contributed by atoms with E-state index in [1.54, 1.807) is 20.9 Å². The summed E-state index contributed by atoms with van der Waals surface area (Å²) in [6.45, 7) is 5.05. The molecule has 8 nitrogen and oxygen atoms in total. The van der Waals surface area contributed by atoms with Crippen LogP contribution in [0.4, 0.5) is 0 Å². The number of thiazole rings is 1. The average molecular weight is 408 g/mol. The molecule has 0 bridgehead atoms. The third kappa shape index (κ3) is 4.02. The minimum Gasteiger partial charge on any atom is -0.348 e. The number of amides is 1. The number of aryl methyl sites for hydroxylation is 2. The Kier molecular flexibility index (Phi) is 5.31. The number of nitrogens with zero attached hydrogens (tertiary/aromatic N) is 3. The van der Waals surface area contributed by atoms with Crippen LogP contribution >= 0.6 is 11.3 Å². The number of carbonyl (C=O) groups is 1. The van der Waals surface area contributed by atoms with Gasteiger partial charge in [0.2, 0.25) is 15.9 Å². The molecule has 0 aliphatic carbocycles. The lowest BCUT2D eigenvalue weighted by Crippen LogP contribution is -2.44. The van der Waals surface area contributed by atoms with E-state index in [2.05, 4.69) is 20.1 Å². The van der Waals surface area contributed by atoms with Gasteiger partial charge in [-0.15, -0.1) is 11.3 Å². The van der Waals surface area contributed by atoms with Gasteiger partial charge < -0.3 is 5.32 Å². The third-order valence-electron chi connectivity index (χ3n) is 4.19. The zero-order valence-corrected chi connectivity index (χ0v) is 17.1. The number of fused-ring (bicyclic) bond motifs is 1. The predicted octanol–water partition coefficient (Wildman–Crippen LogP) is 1.63. The Bertz CT molecular complexity index is 1070. The number of benzene rings is 1. The summed E-state index contributed by atoms with van der Waals surface area (Å²) < 4.78 is 30.2. The summed E-state index contributed by atoms with van der Waals surface area (Å²) in [7, 11) is -2.18. The summed E-state index contributed by atoms with van der Waals surface area (Å²) in [5.41, 5.74) is 1.79. The molecular weight excluding hydrogens is 386 g/mol. The van der Waals surface area contributed by atoms with E-state index in [1.165, 1.54) is 22.9 Å². The molecule has 2 heterocycles. The van der Waals surface area contributed by atoms with Crippen LogP contribution in [-0.2, 0) is 28.4 Å². The Hall–Kier alpha value is -2.30. The van der Waals surface area contributed by atoms with Gasteiger partial charge in [-0.1, -0.05) is 12.1 Å². The molecule has 1 atom stereocenters. The van der Waals surface area contributed by atoms with Crippen molar-refractivity contribution in [2.24, 2.45) is 7.05 Å². The molecular formula is C17H21N5O3S2. The summed E-state index contributed by atoms with van der Waals surface area (Å²) in [5, 5.41) is 7.61. The maximum Gasteiger partial charge on any atom is 0.244 e. The van der Waals surface area contributed by atoms with Gasteiger partial charge in [-0.25, -0.2) is 13.4 Å². The van der Waals surface area contributed by atoms with Gasteiger partial charge in [0, 0.05) is 7.05 Å². The van der Waals surface area contributed by atoms with Crippen molar-refractivity contribution in [3.63, 3.8) is 0 Å². The smallest absolute Gasteiger partial charge is 0.244 e. The fraction of sp³-hybridized carbons (Fsp3) is 0.353. The fourth-order valence-electron chi connectivity index (χ4n) is 2.80. The van der Waals surface area contributed by atoms with Crippen LogP contribution in [0.1, 0.15) is 23.3 Å². The van der Waals surface area contributed by atoms with Gasteiger partial charge >= 0.3 is 0 Å². The van der Waals surface area contributed by atoms with Gasteiger partial charge in [0.15, 0.2) is 0 Å². The van der Waals surface area contributed by atoms with E-state index < -0.39 is 22.0 Å². The standard InChI is InChI=1S/C17H21N5O3S2/c1-10-16(12(3)22(4)20-10)27(24,25)21-11(2)17(23)18-9-15-19-13-7-5-6-8-14(13)26-15/h5-8,11,21H,9H2,1-4H3,(H,18,23)/t11-/m0/s1. The monoisotopic (exact) mass is 407 g/mol. The second-order valence-corrected chi connectivity index (χ2v) is 9.03. The van der Waals surface area contributed by atoms with Crippen molar-refractivity contribution >= 4 is 37.5 Å². The largest absolute Gasteiger partial charge is 0.348 e. The molecule has 0 saturated heterocycles. The Labute approximate surface area is 161 Å².